The van der Waals surface area contributed by atoms with E-state index in [1.54, 1.807) is 13.3 Å². The number of Topliss-reactive ketones (excluding diaryl/α,β-unsaturated/α-hetero) is 1. The number of hydrogen-bond acceptors (Lipinski definition) is 3. The number of aromatic nitrogens is 1. The Hall–Kier alpha value is -1.22. The van der Waals surface area contributed by atoms with Gasteiger partial charge in [-0.3, -0.25) is 9.78 Å². The van der Waals surface area contributed by atoms with Gasteiger partial charge in [0.2, 0.25) is 0 Å². The first-order valence-electron chi connectivity index (χ1n) is 6.28. The van der Waals surface area contributed by atoms with Gasteiger partial charge >= 0.3 is 0 Å². The summed E-state index contributed by atoms with van der Waals surface area (Å²) in [6, 6.07) is 4.00. The predicted octanol–water partition coefficient (Wildman–Crippen LogP) is 2.50. The molecular weight excluding hydrogens is 214 g/mol. The molecular formula is C14H19NO2. The van der Waals surface area contributed by atoms with Crippen molar-refractivity contribution in [2.75, 3.05) is 7.11 Å². The zero-order chi connectivity index (χ0) is 12.3. The molecule has 1 aliphatic carbocycles. The van der Waals surface area contributed by atoms with Crippen molar-refractivity contribution in [2.24, 2.45) is 0 Å². The predicted molar refractivity (Wildman–Crippen MR) is 66.0 cm³/mol. The molecule has 17 heavy (non-hydrogen) atoms. The number of rotatable bonds is 5. The molecule has 0 spiro atoms. The van der Waals surface area contributed by atoms with Crippen LogP contribution >= 0.6 is 0 Å². The zero-order valence-electron chi connectivity index (χ0n) is 10.5. The van der Waals surface area contributed by atoms with Gasteiger partial charge in [0, 0.05) is 13.3 Å². The maximum absolute atomic E-state index is 12.4. The van der Waals surface area contributed by atoms with Crippen molar-refractivity contribution in [3.63, 3.8) is 0 Å². The molecule has 1 aromatic rings. The minimum atomic E-state index is -0.266. The maximum atomic E-state index is 12.4. The second-order valence-corrected chi connectivity index (χ2v) is 4.55. The van der Waals surface area contributed by atoms with Crippen molar-refractivity contribution in [1.29, 1.82) is 0 Å². The smallest absolute Gasteiger partial charge is 0.170 e. The highest BCUT2D eigenvalue weighted by Crippen LogP contribution is 2.33. The Balaban J connectivity index is 2.16. The van der Waals surface area contributed by atoms with Crippen molar-refractivity contribution in [3.8, 4) is 0 Å². The Morgan fingerprint density at radius 3 is 3.18 bits per heavy atom. The molecule has 0 saturated carbocycles. The number of aryl methyl sites for hydroxylation is 1. The first-order chi connectivity index (χ1) is 8.27. The molecule has 1 aliphatic rings. The number of fused-ring (bicyclic) bond motifs is 1. The van der Waals surface area contributed by atoms with E-state index < -0.39 is 0 Å². The summed E-state index contributed by atoms with van der Waals surface area (Å²) >= 11 is 0. The standard InChI is InChI=1S/C14H19NO2/c1-3-5-12(17-2)14(16)11-8-7-10-6-4-9-15-13(10)11/h4,6,9,11-12H,3,5,7-8H2,1-2H3. The van der Waals surface area contributed by atoms with E-state index in [4.69, 9.17) is 4.74 Å². The maximum Gasteiger partial charge on any atom is 0.170 e. The third kappa shape index (κ3) is 2.39. The molecule has 92 valence electrons. The highest BCUT2D eigenvalue weighted by molar-refractivity contribution is 5.90. The first-order valence-corrected chi connectivity index (χ1v) is 6.28. The highest BCUT2D eigenvalue weighted by Gasteiger charge is 2.33. The molecule has 2 unspecified atom stereocenters. The molecule has 2 rings (SSSR count). The van der Waals surface area contributed by atoms with Gasteiger partial charge in [0.1, 0.15) is 6.10 Å². The van der Waals surface area contributed by atoms with E-state index in [9.17, 15) is 4.79 Å². The number of carbonyl (C=O) groups excluding carboxylic acids is 1. The Kier molecular flexibility index (Phi) is 3.89. The Bertz CT molecular complexity index is 403. The van der Waals surface area contributed by atoms with Crippen LogP contribution in [0.1, 0.15) is 43.4 Å². The molecule has 1 heterocycles. The van der Waals surface area contributed by atoms with E-state index in [-0.39, 0.29) is 17.8 Å². The lowest BCUT2D eigenvalue weighted by Crippen LogP contribution is -2.28. The molecule has 0 aromatic carbocycles. The molecule has 0 N–H and O–H groups in total. The minimum absolute atomic E-state index is 0.0531. The van der Waals surface area contributed by atoms with Crippen LogP contribution in [0.25, 0.3) is 0 Å². The van der Waals surface area contributed by atoms with E-state index in [1.165, 1.54) is 5.56 Å². The monoisotopic (exact) mass is 233 g/mol. The summed E-state index contributed by atoms with van der Waals surface area (Å²) < 4.78 is 5.30. The van der Waals surface area contributed by atoms with Crippen LogP contribution < -0.4 is 0 Å². The van der Waals surface area contributed by atoms with Crippen LogP contribution in [0.5, 0.6) is 0 Å². The van der Waals surface area contributed by atoms with Gasteiger partial charge in [0.05, 0.1) is 11.6 Å². The number of hydrogen-bond donors (Lipinski definition) is 0. The van der Waals surface area contributed by atoms with Gasteiger partial charge in [-0.15, -0.1) is 0 Å². The van der Waals surface area contributed by atoms with Crippen LogP contribution in [0.3, 0.4) is 0 Å². The summed E-state index contributed by atoms with van der Waals surface area (Å²) in [7, 11) is 1.62. The molecule has 0 saturated heterocycles. The third-order valence-corrected chi connectivity index (χ3v) is 3.45. The second-order valence-electron chi connectivity index (χ2n) is 4.55. The summed E-state index contributed by atoms with van der Waals surface area (Å²) in [6.07, 6.45) is 5.11. The molecule has 0 amide bonds. The lowest BCUT2D eigenvalue weighted by Gasteiger charge is -2.17. The fraction of sp³-hybridized carbons (Fsp3) is 0.571. The third-order valence-electron chi connectivity index (χ3n) is 3.45. The summed E-state index contributed by atoms with van der Waals surface area (Å²) in [5, 5.41) is 0. The summed E-state index contributed by atoms with van der Waals surface area (Å²) in [5.41, 5.74) is 2.19. The summed E-state index contributed by atoms with van der Waals surface area (Å²) in [6.45, 7) is 2.07. The highest BCUT2D eigenvalue weighted by atomic mass is 16.5. The molecule has 3 nitrogen and oxygen atoms in total. The van der Waals surface area contributed by atoms with Crippen LogP contribution in [0.4, 0.5) is 0 Å². The fourth-order valence-corrected chi connectivity index (χ4v) is 2.55. The quantitative estimate of drug-likeness (QED) is 0.784. The molecule has 2 atom stereocenters. The van der Waals surface area contributed by atoms with E-state index in [2.05, 4.69) is 18.0 Å². The topological polar surface area (TPSA) is 39.2 Å². The largest absolute Gasteiger partial charge is 0.374 e. The Labute approximate surface area is 102 Å². The van der Waals surface area contributed by atoms with Crippen LogP contribution in [-0.4, -0.2) is 24.0 Å². The SMILES string of the molecule is CCCC(OC)C(=O)C1CCc2cccnc21. The number of pyridine rings is 1. The van der Waals surface area contributed by atoms with Crippen LogP contribution in [0.15, 0.2) is 18.3 Å². The fourth-order valence-electron chi connectivity index (χ4n) is 2.55. The van der Waals surface area contributed by atoms with Crippen molar-refractivity contribution in [3.05, 3.63) is 29.6 Å². The molecule has 0 bridgehead atoms. The van der Waals surface area contributed by atoms with Gasteiger partial charge in [-0.2, -0.15) is 0 Å². The van der Waals surface area contributed by atoms with Crippen LogP contribution in [0, 0.1) is 0 Å². The average molecular weight is 233 g/mol. The second kappa shape index (κ2) is 5.41. The first kappa shape index (κ1) is 12.2. The van der Waals surface area contributed by atoms with Crippen molar-refractivity contribution >= 4 is 5.78 Å². The Morgan fingerprint density at radius 1 is 1.65 bits per heavy atom. The zero-order valence-corrected chi connectivity index (χ0v) is 10.5. The lowest BCUT2D eigenvalue weighted by atomic mass is 9.95. The molecule has 0 aliphatic heterocycles. The number of nitrogens with zero attached hydrogens (tertiary/aromatic N) is 1. The van der Waals surface area contributed by atoms with E-state index in [0.717, 1.165) is 31.4 Å². The van der Waals surface area contributed by atoms with Crippen LogP contribution in [0.2, 0.25) is 0 Å². The number of ether oxygens (including phenoxy) is 1. The van der Waals surface area contributed by atoms with Crippen molar-refractivity contribution < 1.29 is 9.53 Å². The number of carbonyl (C=O) groups is 1. The van der Waals surface area contributed by atoms with E-state index >= 15 is 0 Å². The molecule has 3 heteroatoms. The molecule has 1 aromatic heterocycles. The summed E-state index contributed by atoms with van der Waals surface area (Å²) in [4.78, 5) is 16.7. The van der Waals surface area contributed by atoms with E-state index in [1.807, 2.05) is 6.07 Å². The number of ketones is 1. The number of methoxy groups -OCH3 is 1. The van der Waals surface area contributed by atoms with Crippen LogP contribution in [-0.2, 0) is 16.0 Å². The van der Waals surface area contributed by atoms with Gasteiger partial charge in [-0.05, 0) is 30.9 Å². The summed E-state index contributed by atoms with van der Waals surface area (Å²) in [5.74, 6) is 0.148. The van der Waals surface area contributed by atoms with Crippen molar-refractivity contribution in [1.82, 2.24) is 4.98 Å². The van der Waals surface area contributed by atoms with Gasteiger partial charge < -0.3 is 4.74 Å². The van der Waals surface area contributed by atoms with Gasteiger partial charge in [0.15, 0.2) is 5.78 Å². The van der Waals surface area contributed by atoms with E-state index in [0.29, 0.717) is 0 Å². The molecule has 0 radical (unpaired) electrons. The molecule has 0 fully saturated rings. The lowest BCUT2D eigenvalue weighted by molar-refractivity contribution is -0.130. The Morgan fingerprint density at radius 2 is 2.47 bits per heavy atom. The van der Waals surface area contributed by atoms with Gasteiger partial charge in [-0.25, -0.2) is 0 Å². The van der Waals surface area contributed by atoms with Gasteiger partial charge in [-0.1, -0.05) is 19.4 Å². The average Bonchev–Trinajstić information content (AvgIpc) is 2.79. The normalized spacial score (nSPS) is 20.0. The minimum Gasteiger partial charge on any atom is -0.374 e. The van der Waals surface area contributed by atoms with Gasteiger partial charge in [0.25, 0.3) is 0 Å². The van der Waals surface area contributed by atoms with Crippen molar-refractivity contribution in [2.45, 2.75) is 44.6 Å².